The van der Waals surface area contributed by atoms with E-state index in [1.807, 2.05) is 11.8 Å². The first-order valence-electron chi connectivity index (χ1n) is 6.85. The fraction of sp³-hybridized carbons (Fsp3) is 0.769. The van der Waals surface area contributed by atoms with E-state index in [9.17, 15) is 0 Å². The van der Waals surface area contributed by atoms with Crippen molar-refractivity contribution in [3.05, 3.63) is 5.28 Å². The fourth-order valence-electron chi connectivity index (χ4n) is 1.64. The maximum atomic E-state index is 5.94. The molecule has 0 aliphatic rings. The quantitative estimate of drug-likeness (QED) is 0.698. The van der Waals surface area contributed by atoms with Crippen molar-refractivity contribution in [3.63, 3.8) is 0 Å². The van der Waals surface area contributed by atoms with Crippen LogP contribution in [0.1, 0.15) is 27.2 Å². The van der Waals surface area contributed by atoms with Crippen LogP contribution in [-0.4, -0.2) is 48.4 Å². The average molecular weight is 303 g/mol. The number of ether oxygens (including phenoxy) is 2. The van der Waals surface area contributed by atoms with Gasteiger partial charge in [0.2, 0.25) is 11.2 Å². The lowest BCUT2D eigenvalue weighted by molar-refractivity contribution is 0.204. The van der Waals surface area contributed by atoms with Gasteiger partial charge in [-0.05, 0) is 23.9 Å². The topological polar surface area (TPSA) is 60.4 Å². The van der Waals surface area contributed by atoms with Crippen molar-refractivity contribution in [2.45, 2.75) is 27.2 Å². The van der Waals surface area contributed by atoms with Gasteiger partial charge < -0.3 is 14.4 Å². The maximum absolute atomic E-state index is 5.94. The second kappa shape index (κ2) is 8.92. The van der Waals surface area contributed by atoms with E-state index in [0.717, 1.165) is 13.0 Å². The Morgan fingerprint density at radius 3 is 2.55 bits per heavy atom. The lowest BCUT2D eigenvalue weighted by Crippen LogP contribution is -2.32. The van der Waals surface area contributed by atoms with Crippen LogP contribution >= 0.6 is 11.6 Å². The van der Waals surface area contributed by atoms with Gasteiger partial charge in [0.05, 0.1) is 13.2 Å². The number of halogens is 1. The predicted octanol–water partition coefficient (Wildman–Crippen LogP) is 2.42. The van der Waals surface area contributed by atoms with Gasteiger partial charge in [-0.3, -0.25) is 0 Å². The number of nitrogens with zero attached hydrogens (tertiary/aromatic N) is 4. The summed E-state index contributed by atoms with van der Waals surface area (Å²) in [5.41, 5.74) is 0. The van der Waals surface area contributed by atoms with E-state index in [4.69, 9.17) is 21.1 Å². The SMILES string of the molecule is CCCOc1nc(Cl)nc(N(CCOC)CC(C)C)n1. The Labute approximate surface area is 125 Å². The summed E-state index contributed by atoms with van der Waals surface area (Å²) in [7, 11) is 1.67. The van der Waals surface area contributed by atoms with E-state index < -0.39 is 0 Å². The molecule has 0 unspecified atom stereocenters. The summed E-state index contributed by atoms with van der Waals surface area (Å²) < 4.78 is 10.6. The molecule has 0 saturated heterocycles. The van der Waals surface area contributed by atoms with Crippen molar-refractivity contribution < 1.29 is 9.47 Å². The number of methoxy groups -OCH3 is 1. The van der Waals surface area contributed by atoms with Crippen molar-refractivity contribution in [1.82, 2.24) is 15.0 Å². The van der Waals surface area contributed by atoms with Crippen LogP contribution in [0.3, 0.4) is 0 Å². The zero-order valence-electron chi connectivity index (χ0n) is 12.6. The minimum absolute atomic E-state index is 0.146. The van der Waals surface area contributed by atoms with Crippen LogP contribution in [0.4, 0.5) is 5.95 Å². The number of hydrogen-bond acceptors (Lipinski definition) is 6. The highest BCUT2D eigenvalue weighted by Crippen LogP contribution is 2.16. The molecule has 0 radical (unpaired) electrons. The van der Waals surface area contributed by atoms with Gasteiger partial charge in [0.15, 0.2) is 0 Å². The van der Waals surface area contributed by atoms with Crippen molar-refractivity contribution in [2.75, 3.05) is 38.3 Å². The van der Waals surface area contributed by atoms with E-state index in [0.29, 0.717) is 31.6 Å². The van der Waals surface area contributed by atoms with Crippen LogP contribution in [0.25, 0.3) is 0 Å². The van der Waals surface area contributed by atoms with E-state index in [2.05, 4.69) is 28.8 Å². The molecule has 0 aromatic carbocycles. The van der Waals surface area contributed by atoms with Crippen LogP contribution in [-0.2, 0) is 4.74 Å². The predicted molar refractivity (Wildman–Crippen MR) is 79.6 cm³/mol. The van der Waals surface area contributed by atoms with E-state index >= 15 is 0 Å². The van der Waals surface area contributed by atoms with Crippen molar-refractivity contribution >= 4 is 17.5 Å². The summed E-state index contributed by atoms with van der Waals surface area (Å²) in [5.74, 6) is 1.00. The molecule has 1 aromatic heterocycles. The zero-order chi connectivity index (χ0) is 15.0. The highest BCUT2D eigenvalue weighted by atomic mass is 35.5. The molecule has 114 valence electrons. The lowest BCUT2D eigenvalue weighted by Gasteiger charge is -2.24. The van der Waals surface area contributed by atoms with E-state index in [1.165, 1.54) is 0 Å². The molecular formula is C13H23ClN4O2. The molecule has 0 spiro atoms. The summed E-state index contributed by atoms with van der Waals surface area (Å²) >= 11 is 5.94. The molecule has 0 aliphatic carbocycles. The fourth-order valence-corrected chi connectivity index (χ4v) is 1.78. The summed E-state index contributed by atoms with van der Waals surface area (Å²) in [6.45, 7) is 8.96. The maximum Gasteiger partial charge on any atom is 0.322 e. The lowest BCUT2D eigenvalue weighted by atomic mass is 10.2. The Hall–Kier alpha value is -1.14. The number of hydrogen-bond donors (Lipinski definition) is 0. The number of anilines is 1. The first-order valence-corrected chi connectivity index (χ1v) is 7.22. The molecule has 20 heavy (non-hydrogen) atoms. The molecule has 1 rings (SSSR count). The van der Waals surface area contributed by atoms with Gasteiger partial charge >= 0.3 is 6.01 Å². The molecule has 0 bridgehead atoms. The largest absolute Gasteiger partial charge is 0.463 e. The Balaban J connectivity index is 2.89. The van der Waals surface area contributed by atoms with E-state index in [-0.39, 0.29) is 11.3 Å². The standard InChI is InChI=1S/C13H23ClN4O2/c1-5-7-20-13-16-11(14)15-12(17-13)18(6-8-19-4)9-10(2)3/h10H,5-9H2,1-4H3. The third-order valence-corrected chi connectivity index (χ3v) is 2.61. The molecule has 6 nitrogen and oxygen atoms in total. The molecular weight excluding hydrogens is 280 g/mol. The Kier molecular flexibility index (Phi) is 7.54. The monoisotopic (exact) mass is 302 g/mol. The molecule has 0 atom stereocenters. The Bertz CT molecular complexity index is 404. The van der Waals surface area contributed by atoms with Crippen molar-refractivity contribution in [2.24, 2.45) is 5.92 Å². The molecule has 0 N–H and O–H groups in total. The van der Waals surface area contributed by atoms with Gasteiger partial charge in [0.1, 0.15) is 0 Å². The van der Waals surface area contributed by atoms with Gasteiger partial charge in [-0.25, -0.2) is 0 Å². The second-order valence-electron chi connectivity index (χ2n) is 4.87. The molecule has 0 fully saturated rings. The van der Waals surface area contributed by atoms with Gasteiger partial charge in [-0.15, -0.1) is 0 Å². The summed E-state index contributed by atoms with van der Waals surface area (Å²) in [6, 6.07) is 0.271. The zero-order valence-corrected chi connectivity index (χ0v) is 13.4. The molecule has 0 amide bonds. The van der Waals surface area contributed by atoms with Gasteiger partial charge in [0, 0.05) is 20.2 Å². The molecule has 0 saturated carbocycles. The minimum Gasteiger partial charge on any atom is -0.463 e. The van der Waals surface area contributed by atoms with E-state index in [1.54, 1.807) is 7.11 Å². The number of rotatable bonds is 9. The summed E-state index contributed by atoms with van der Waals surface area (Å²) in [5, 5.41) is 0.146. The molecule has 1 aromatic rings. The molecule has 0 aliphatic heterocycles. The van der Waals surface area contributed by atoms with Gasteiger partial charge in [-0.2, -0.15) is 15.0 Å². The van der Waals surface area contributed by atoms with Crippen LogP contribution in [0.5, 0.6) is 6.01 Å². The normalized spacial score (nSPS) is 10.9. The number of aromatic nitrogens is 3. The van der Waals surface area contributed by atoms with Gasteiger partial charge in [-0.1, -0.05) is 20.8 Å². The second-order valence-corrected chi connectivity index (χ2v) is 5.21. The first kappa shape index (κ1) is 16.9. The van der Waals surface area contributed by atoms with Crippen LogP contribution in [0.15, 0.2) is 0 Å². The highest BCUT2D eigenvalue weighted by Gasteiger charge is 2.14. The van der Waals surface area contributed by atoms with Crippen molar-refractivity contribution in [3.8, 4) is 6.01 Å². The molecule has 7 heteroatoms. The third kappa shape index (κ3) is 5.88. The first-order chi connectivity index (χ1) is 9.56. The Morgan fingerprint density at radius 2 is 1.95 bits per heavy atom. The summed E-state index contributed by atoms with van der Waals surface area (Å²) in [4.78, 5) is 14.5. The average Bonchev–Trinajstić information content (AvgIpc) is 2.40. The smallest absolute Gasteiger partial charge is 0.322 e. The Morgan fingerprint density at radius 1 is 1.20 bits per heavy atom. The van der Waals surface area contributed by atoms with Crippen LogP contribution < -0.4 is 9.64 Å². The van der Waals surface area contributed by atoms with Crippen LogP contribution in [0.2, 0.25) is 5.28 Å². The molecule has 1 heterocycles. The van der Waals surface area contributed by atoms with Crippen LogP contribution in [0, 0.1) is 5.92 Å². The summed E-state index contributed by atoms with van der Waals surface area (Å²) in [6.07, 6.45) is 0.887. The highest BCUT2D eigenvalue weighted by molar-refractivity contribution is 6.28. The van der Waals surface area contributed by atoms with Crippen molar-refractivity contribution in [1.29, 1.82) is 0 Å². The van der Waals surface area contributed by atoms with Gasteiger partial charge in [0.25, 0.3) is 0 Å². The minimum atomic E-state index is 0.146. The third-order valence-electron chi connectivity index (χ3n) is 2.44.